The number of carbonyl (C=O) groups is 1. The molecule has 2 aromatic carbocycles. The van der Waals surface area contributed by atoms with Gasteiger partial charge < -0.3 is 5.32 Å². The highest BCUT2D eigenvalue weighted by Gasteiger charge is 2.40. The fraction of sp³-hybridized carbons (Fsp3) is 0.435. The zero-order chi connectivity index (χ0) is 21.0. The van der Waals surface area contributed by atoms with Gasteiger partial charge in [0.05, 0.1) is 17.8 Å². The van der Waals surface area contributed by atoms with E-state index in [2.05, 4.69) is 17.4 Å². The highest BCUT2D eigenvalue weighted by molar-refractivity contribution is 7.88. The largest absolute Gasteiger partial charge is 0.345 e. The van der Waals surface area contributed by atoms with E-state index in [1.165, 1.54) is 5.56 Å². The van der Waals surface area contributed by atoms with E-state index in [9.17, 15) is 13.2 Å². The molecule has 1 saturated carbocycles. The summed E-state index contributed by atoms with van der Waals surface area (Å²) in [4.78, 5) is 14.8. The molecule has 4 rings (SSSR count). The first-order valence-electron chi connectivity index (χ1n) is 10.6. The van der Waals surface area contributed by atoms with Crippen molar-refractivity contribution >= 4 is 15.9 Å². The summed E-state index contributed by atoms with van der Waals surface area (Å²) in [6, 6.07) is 19.4. The number of carbonyl (C=O) groups excluding carboxylic acids is 1. The molecule has 1 N–H and O–H groups in total. The molecule has 30 heavy (non-hydrogen) atoms. The topological polar surface area (TPSA) is 69.7 Å². The Morgan fingerprint density at radius 3 is 2.07 bits per heavy atom. The van der Waals surface area contributed by atoms with Crippen molar-refractivity contribution in [1.82, 2.24) is 14.5 Å². The number of hydrogen-bond acceptors (Lipinski definition) is 4. The van der Waals surface area contributed by atoms with Gasteiger partial charge in [0, 0.05) is 26.2 Å². The molecule has 0 spiro atoms. The molecular formula is C23H29N3O3S. The van der Waals surface area contributed by atoms with Crippen LogP contribution in [-0.4, -0.2) is 56.3 Å². The Bertz CT molecular complexity index is 952. The van der Waals surface area contributed by atoms with Crippen LogP contribution in [0.15, 0.2) is 60.7 Å². The first kappa shape index (κ1) is 21.0. The summed E-state index contributed by atoms with van der Waals surface area (Å²) in [5, 5.41) is 3.26. The molecule has 1 aliphatic heterocycles. The lowest BCUT2D eigenvalue weighted by molar-refractivity contribution is -0.125. The molecule has 1 saturated heterocycles. The highest BCUT2D eigenvalue weighted by Crippen LogP contribution is 2.41. The maximum Gasteiger partial charge on any atom is 0.234 e. The van der Waals surface area contributed by atoms with Crippen molar-refractivity contribution in [2.45, 2.75) is 30.6 Å². The van der Waals surface area contributed by atoms with Gasteiger partial charge in [-0.05, 0) is 30.4 Å². The molecule has 0 atom stereocenters. The number of sulfonamides is 1. The van der Waals surface area contributed by atoms with Crippen molar-refractivity contribution in [2.24, 2.45) is 0 Å². The van der Waals surface area contributed by atoms with Gasteiger partial charge in [0.15, 0.2) is 0 Å². The summed E-state index contributed by atoms with van der Waals surface area (Å²) >= 11 is 0. The van der Waals surface area contributed by atoms with Crippen LogP contribution in [0.2, 0.25) is 0 Å². The summed E-state index contributed by atoms with van der Waals surface area (Å²) in [6.45, 7) is 2.29. The number of nitrogens with one attached hydrogen (secondary N) is 1. The zero-order valence-corrected chi connectivity index (χ0v) is 18.0. The molecule has 2 aliphatic rings. The predicted octanol–water partition coefficient (Wildman–Crippen LogP) is 2.33. The first-order valence-corrected chi connectivity index (χ1v) is 12.2. The molecular weight excluding hydrogens is 398 g/mol. The molecule has 1 heterocycles. The summed E-state index contributed by atoms with van der Waals surface area (Å²) < 4.78 is 27.0. The van der Waals surface area contributed by atoms with E-state index in [4.69, 9.17) is 0 Å². The van der Waals surface area contributed by atoms with Crippen LogP contribution in [0, 0.1) is 0 Å². The Morgan fingerprint density at radius 2 is 1.50 bits per heavy atom. The van der Waals surface area contributed by atoms with Crippen molar-refractivity contribution in [1.29, 1.82) is 0 Å². The van der Waals surface area contributed by atoms with E-state index in [1.54, 1.807) is 4.31 Å². The zero-order valence-electron chi connectivity index (χ0n) is 17.2. The van der Waals surface area contributed by atoms with Crippen molar-refractivity contribution in [3.63, 3.8) is 0 Å². The van der Waals surface area contributed by atoms with E-state index in [1.807, 2.05) is 53.4 Å². The average Bonchev–Trinajstić information content (AvgIpc) is 2.72. The molecule has 1 amide bonds. The lowest BCUT2D eigenvalue weighted by atomic mass is 9.72. The number of benzene rings is 2. The van der Waals surface area contributed by atoms with Crippen LogP contribution >= 0.6 is 0 Å². The minimum Gasteiger partial charge on any atom is -0.345 e. The standard InChI is InChI=1S/C23H29N3O3S/c27-22(24-23(12-7-13-23)21-10-5-2-6-11-21)18-25-14-16-26(17-15-25)30(28,29)19-20-8-3-1-4-9-20/h1-6,8-11H,7,12-19H2,(H,24,27). The van der Waals surface area contributed by atoms with Crippen LogP contribution in [0.3, 0.4) is 0 Å². The van der Waals surface area contributed by atoms with Crippen molar-refractivity contribution in [3.05, 3.63) is 71.8 Å². The SMILES string of the molecule is O=C(CN1CCN(S(=O)(=O)Cc2ccccc2)CC1)NC1(c2ccccc2)CCC1. The predicted molar refractivity (Wildman–Crippen MR) is 117 cm³/mol. The monoisotopic (exact) mass is 427 g/mol. The number of nitrogens with zero attached hydrogens (tertiary/aromatic N) is 2. The molecule has 1 aliphatic carbocycles. The molecule has 6 nitrogen and oxygen atoms in total. The van der Waals surface area contributed by atoms with E-state index in [0.717, 1.165) is 24.8 Å². The van der Waals surface area contributed by atoms with E-state index in [0.29, 0.717) is 32.7 Å². The van der Waals surface area contributed by atoms with Gasteiger partial charge in [-0.1, -0.05) is 60.7 Å². The van der Waals surface area contributed by atoms with E-state index in [-0.39, 0.29) is 17.2 Å². The second-order valence-corrected chi connectivity index (χ2v) is 10.2. The maximum atomic E-state index is 12.7. The Labute approximate surface area is 178 Å². The molecule has 2 aromatic rings. The van der Waals surface area contributed by atoms with Gasteiger partial charge in [0.2, 0.25) is 15.9 Å². The summed E-state index contributed by atoms with van der Waals surface area (Å²) in [5.41, 5.74) is 1.73. The van der Waals surface area contributed by atoms with Gasteiger partial charge in [-0.25, -0.2) is 8.42 Å². The van der Waals surface area contributed by atoms with Crippen LogP contribution in [0.25, 0.3) is 0 Å². The Kier molecular flexibility index (Phi) is 6.22. The molecule has 0 bridgehead atoms. The van der Waals surface area contributed by atoms with Gasteiger partial charge in [-0.3, -0.25) is 9.69 Å². The van der Waals surface area contributed by atoms with Crippen molar-refractivity contribution in [3.8, 4) is 0 Å². The average molecular weight is 428 g/mol. The molecule has 0 unspecified atom stereocenters. The summed E-state index contributed by atoms with van der Waals surface area (Å²) in [5.74, 6) is 0.0348. The molecule has 160 valence electrons. The third-order valence-corrected chi connectivity index (χ3v) is 8.05. The van der Waals surface area contributed by atoms with E-state index < -0.39 is 10.0 Å². The smallest absolute Gasteiger partial charge is 0.234 e. The number of hydrogen-bond donors (Lipinski definition) is 1. The minimum atomic E-state index is -3.34. The minimum absolute atomic E-state index is 0.0131. The van der Waals surface area contributed by atoms with Crippen LogP contribution < -0.4 is 5.32 Å². The quantitative estimate of drug-likeness (QED) is 0.736. The van der Waals surface area contributed by atoms with Crippen molar-refractivity contribution in [2.75, 3.05) is 32.7 Å². The molecule has 0 aromatic heterocycles. The lowest BCUT2D eigenvalue weighted by Gasteiger charge is -2.43. The third kappa shape index (κ3) is 4.74. The second kappa shape index (κ2) is 8.88. The lowest BCUT2D eigenvalue weighted by Crippen LogP contribution is -2.55. The van der Waals surface area contributed by atoms with Crippen LogP contribution in [0.1, 0.15) is 30.4 Å². The number of amides is 1. The van der Waals surface area contributed by atoms with Crippen LogP contribution in [-0.2, 0) is 26.1 Å². The van der Waals surface area contributed by atoms with Gasteiger partial charge >= 0.3 is 0 Å². The molecule has 2 fully saturated rings. The van der Waals surface area contributed by atoms with Crippen molar-refractivity contribution < 1.29 is 13.2 Å². The molecule has 7 heteroatoms. The van der Waals surface area contributed by atoms with Gasteiger partial charge in [-0.2, -0.15) is 4.31 Å². The van der Waals surface area contributed by atoms with Crippen LogP contribution in [0.4, 0.5) is 0 Å². The summed E-state index contributed by atoms with van der Waals surface area (Å²) in [7, 11) is -3.34. The Morgan fingerprint density at radius 1 is 0.900 bits per heavy atom. The fourth-order valence-electron chi connectivity index (χ4n) is 4.32. The first-order chi connectivity index (χ1) is 14.5. The van der Waals surface area contributed by atoms with Gasteiger partial charge in [0.25, 0.3) is 0 Å². The highest BCUT2D eigenvalue weighted by atomic mass is 32.2. The summed E-state index contributed by atoms with van der Waals surface area (Å²) in [6.07, 6.45) is 3.05. The second-order valence-electron chi connectivity index (χ2n) is 8.27. The molecule has 0 radical (unpaired) electrons. The Balaban J connectivity index is 1.29. The third-order valence-electron chi connectivity index (χ3n) is 6.20. The Hall–Kier alpha value is -2.22. The number of rotatable bonds is 7. The number of piperazine rings is 1. The normalized spacial score (nSPS) is 19.7. The maximum absolute atomic E-state index is 12.7. The van der Waals surface area contributed by atoms with Gasteiger partial charge in [0.1, 0.15) is 0 Å². The van der Waals surface area contributed by atoms with E-state index >= 15 is 0 Å². The van der Waals surface area contributed by atoms with Crippen LogP contribution in [0.5, 0.6) is 0 Å². The van der Waals surface area contributed by atoms with Gasteiger partial charge in [-0.15, -0.1) is 0 Å². The fourth-order valence-corrected chi connectivity index (χ4v) is 5.84.